The van der Waals surface area contributed by atoms with Crippen molar-refractivity contribution >= 4 is 34.2 Å². The maximum Gasteiger partial charge on any atom is 0.0976 e. The molecule has 1 aromatic rings. The minimum absolute atomic E-state index is 0.439. The Bertz CT molecular complexity index is 548. The van der Waals surface area contributed by atoms with E-state index in [1.54, 1.807) is 27.7 Å². The van der Waals surface area contributed by atoms with Crippen LogP contribution in [0.25, 0.3) is 0 Å². The molecular weight excluding hydrogens is 256 g/mol. The highest BCUT2D eigenvalue weighted by Gasteiger charge is 2.04. The Labute approximate surface area is 117 Å². The van der Waals surface area contributed by atoms with E-state index in [0.29, 0.717) is 34.2 Å². The van der Waals surface area contributed by atoms with Crippen LogP contribution in [-0.4, -0.2) is 33.3 Å². The van der Waals surface area contributed by atoms with Crippen LogP contribution in [0.4, 0.5) is 11.4 Å². The number of rotatable bonds is 4. The molecule has 0 unspecified atom stereocenters. The van der Waals surface area contributed by atoms with Gasteiger partial charge in [-0.25, -0.2) is 9.98 Å². The van der Waals surface area contributed by atoms with Crippen LogP contribution in [0.1, 0.15) is 27.7 Å². The number of hydrogen-bond acceptors (Lipinski definition) is 6. The SMILES string of the molecule is CC(=Nc1ccccc1N=C(C)/C(C)=N\O)/C(C)=N\O. The summed E-state index contributed by atoms with van der Waals surface area (Å²) in [5.41, 5.74) is 3.37. The number of aliphatic imine (C=N–C) groups is 2. The second-order valence-corrected chi connectivity index (χ2v) is 4.25. The van der Waals surface area contributed by atoms with Crippen molar-refractivity contribution < 1.29 is 10.4 Å². The highest BCUT2D eigenvalue weighted by Crippen LogP contribution is 2.27. The number of benzene rings is 1. The molecule has 0 saturated heterocycles. The molecule has 0 fully saturated rings. The molecule has 106 valence electrons. The highest BCUT2D eigenvalue weighted by atomic mass is 16.4. The second kappa shape index (κ2) is 7.18. The van der Waals surface area contributed by atoms with E-state index in [-0.39, 0.29) is 0 Å². The third-order valence-corrected chi connectivity index (χ3v) is 2.81. The van der Waals surface area contributed by atoms with E-state index >= 15 is 0 Å². The minimum Gasteiger partial charge on any atom is -0.411 e. The Morgan fingerprint density at radius 1 is 0.700 bits per heavy atom. The average Bonchev–Trinajstić information content (AvgIpc) is 2.47. The zero-order chi connectivity index (χ0) is 15.1. The average molecular weight is 274 g/mol. The fourth-order valence-corrected chi connectivity index (χ4v) is 1.32. The lowest BCUT2D eigenvalue weighted by Crippen LogP contribution is -2.05. The standard InChI is InChI=1S/C14H18N4O2/c1-9(11(3)17-19)15-13-7-5-6-8-14(13)16-10(2)12(4)18-20/h5-8,19-20H,1-4H3/b15-9?,16-10?,17-11-,18-12-. The van der Waals surface area contributed by atoms with Crippen LogP contribution in [0.5, 0.6) is 0 Å². The van der Waals surface area contributed by atoms with Gasteiger partial charge in [0.05, 0.1) is 34.2 Å². The van der Waals surface area contributed by atoms with Gasteiger partial charge in [-0.3, -0.25) is 0 Å². The molecule has 6 heteroatoms. The predicted molar refractivity (Wildman–Crippen MR) is 81.8 cm³/mol. The van der Waals surface area contributed by atoms with Gasteiger partial charge in [0.15, 0.2) is 0 Å². The molecule has 0 heterocycles. The molecule has 2 N–H and O–H groups in total. The van der Waals surface area contributed by atoms with Gasteiger partial charge >= 0.3 is 0 Å². The number of oxime groups is 2. The molecule has 0 amide bonds. The van der Waals surface area contributed by atoms with Crippen molar-refractivity contribution in [2.75, 3.05) is 0 Å². The van der Waals surface area contributed by atoms with Gasteiger partial charge in [-0.1, -0.05) is 22.4 Å². The first-order valence-electron chi connectivity index (χ1n) is 6.07. The number of hydrogen-bond donors (Lipinski definition) is 2. The smallest absolute Gasteiger partial charge is 0.0976 e. The third-order valence-electron chi connectivity index (χ3n) is 2.81. The molecular formula is C14H18N4O2. The van der Waals surface area contributed by atoms with Crippen LogP contribution in [0.3, 0.4) is 0 Å². The van der Waals surface area contributed by atoms with Crippen molar-refractivity contribution in [1.82, 2.24) is 0 Å². The van der Waals surface area contributed by atoms with Crippen LogP contribution < -0.4 is 0 Å². The van der Waals surface area contributed by atoms with Gasteiger partial charge in [-0.15, -0.1) is 0 Å². The van der Waals surface area contributed by atoms with Crippen molar-refractivity contribution in [2.24, 2.45) is 20.3 Å². The molecule has 0 aliphatic carbocycles. The molecule has 0 radical (unpaired) electrons. The first kappa shape index (κ1) is 15.6. The summed E-state index contributed by atoms with van der Waals surface area (Å²) in [4.78, 5) is 8.77. The van der Waals surface area contributed by atoms with Gasteiger partial charge in [-0.05, 0) is 39.8 Å². The van der Waals surface area contributed by atoms with Crippen LogP contribution in [0.2, 0.25) is 0 Å². The van der Waals surface area contributed by atoms with Gasteiger partial charge < -0.3 is 10.4 Å². The van der Waals surface area contributed by atoms with E-state index in [9.17, 15) is 0 Å². The maximum atomic E-state index is 8.74. The Hall–Kier alpha value is -2.50. The molecule has 0 bridgehead atoms. The minimum atomic E-state index is 0.439. The van der Waals surface area contributed by atoms with Gasteiger partial charge in [0.1, 0.15) is 0 Å². The lowest BCUT2D eigenvalue weighted by Gasteiger charge is -2.04. The molecule has 0 atom stereocenters. The summed E-state index contributed by atoms with van der Waals surface area (Å²) in [5, 5.41) is 23.7. The Balaban J connectivity index is 3.26. The fourth-order valence-electron chi connectivity index (χ4n) is 1.32. The maximum absolute atomic E-state index is 8.74. The first-order chi connectivity index (χ1) is 9.49. The van der Waals surface area contributed by atoms with Gasteiger partial charge in [-0.2, -0.15) is 0 Å². The van der Waals surface area contributed by atoms with E-state index in [1.165, 1.54) is 0 Å². The summed E-state index contributed by atoms with van der Waals surface area (Å²) in [6.07, 6.45) is 0. The van der Waals surface area contributed by atoms with E-state index in [1.807, 2.05) is 24.3 Å². The summed E-state index contributed by atoms with van der Waals surface area (Å²) in [7, 11) is 0. The lowest BCUT2D eigenvalue weighted by atomic mass is 10.2. The number of nitrogens with zero attached hydrogens (tertiary/aromatic N) is 4. The Kier molecular flexibility index (Phi) is 5.58. The molecule has 1 rings (SSSR count). The zero-order valence-corrected chi connectivity index (χ0v) is 12.0. The third kappa shape index (κ3) is 4.01. The van der Waals surface area contributed by atoms with E-state index < -0.39 is 0 Å². The summed E-state index contributed by atoms with van der Waals surface area (Å²) in [5.74, 6) is 0. The van der Waals surface area contributed by atoms with E-state index in [0.717, 1.165) is 0 Å². The zero-order valence-electron chi connectivity index (χ0n) is 12.0. The van der Waals surface area contributed by atoms with Crippen molar-refractivity contribution in [3.63, 3.8) is 0 Å². The van der Waals surface area contributed by atoms with Crippen LogP contribution in [0, 0.1) is 0 Å². The molecule has 0 saturated carbocycles. The molecule has 0 aliphatic heterocycles. The fraction of sp³-hybridized carbons (Fsp3) is 0.286. The summed E-state index contributed by atoms with van der Waals surface area (Å²) >= 11 is 0. The summed E-state index contributed by atoms with van der Waals surface area (Å²) in [6.45, 7) is 6.84. The molecule has 0 aromatic heterocycles. The topological polar surface area (TPSA) is 89.9 Å². The monoisotopic (exact) mass is 274 g/mol. The lowest BCUT2D eigenvalue weighted by molar-refractivity contribution is 0.319. The van der Waals surface area contributed by atoms with Crippen molar-refractivity contribution in [2.45, 2.75) is 27.7 Å². The first-order valence-corrected chi connectivity index (χ1v) is 6.07. The van der Waals surface area contributed by atoms with Gasteiger partial charge in [0.25, 0.3) is 0 Å². The Morgan fingerprint density at radius 3 is 1.35 bits per heavy atom. The van der Waals surface area contributed by atoms with E-state index in [2.05, 4.69) is 20.3 Å². The molecule has 0 spiro atoms. The van der Waals surface area contributed by atoms with Gasteiger partial charge in [0.2, 0.25) is 0 Å². The van der Waals surface area contributed by atoms with Crippen LogP contribution in [-0.2, 0) is 0 Å². The molecule has 0 aliphatic rings. The predicted octanol–water partition coefficient (Wildman–Crippen LogP) is 3.57. The normalized spacial score (nSPS) is 14.6. The van der Waals surface area contributed by atoms with Crippen molar-refractivity contribution in [3.8, 4) is 0 Å². The molecule has 6 nitrogen and oxygen atoms in total. The molecule has 20 heavy (non-hydrogen) atoms. The van der Waals surface area contributed by atoms with Crippen LogP contribution in [0.15, 0.2) is 44.6 Å². The van der Waals surface area contributed by atoms with E-state index in [4.69, 9.17) is 10.4 Å². The van der Waals surface area contributed by atoms with Crippen molar-refractivity contribution in [1.29, 1.82) is 0 Å². The van der Waals surface area contributed by atoms with Crippen molar-refractivity contribution in [3.05, 3.63) is 24.3 Å². The Morgan fingerprint density at radius 2 is 1.05 bits per heavy atom. The largest absolute Gasteiger partial charge is 0.411 e. The van der Waals surface area contributed by atoms with Gasteiger partial charge in [0, 0.05) is 0 Å². The summed E-state index contributed by atoms with van der Waals surface area (Å²) in [6, 6.07) is 7.31. The summed E-state index contributed by atoms with van der Waals surface area (Å²) < 4.78 is 0. The second-order valence-electron chi connectivity index (χ2n) is 4.25. The number of para-hydroxylation sites is 2. The quantitative estimate of drug-likeness (QED) is 0.499. The van der Waals surface area contributed by atoms with Crippen LogP contribution >= 0.6 is 0 Å². The highest BCUT2D eigenvalue weighted by molar-refractivity contribution is 6.41. The molecule has 1 aromatic carbocycles.